The van der Waals surface area contributed by atoms with Gasteiger partial charge in [0.15, 0.2) is 11.6 Å². The van der Waals surface area contributed by atoms with E-state index in [1.165, 1.54) is 11.1 Å². The Hall–Kier alpha value is -2.56. The Labute approximate surface area is 140 Å². The van der Waals surface area contributed by atoms with E-state index in [1.807, 2.05) is 0 Å². The summed E-state index contributed by atoms with van der Waals surface area (Å²) < 4.78 is 1.65. The van der Waals surface area contributed by atoms with Gasteiger partial charge in [-0.05, 0) is 31.2 Å². The summed E-state index contributed by atoms with van der Waals surface area (Å²) in [6.07, 6.45) is 4.92. The number of rotatable bonds is 3. The van der Waals surface area contributed by atoms with E-state index < -0.39 is 0 Å². The summed E-state index contributed by atoms with van der Waals surface area (Å²) in [5, 5.41) is 4.42. The summed E-state index contributed by atoms with van der Waals surface area (Å²) >= 11 is 0. The topological polar surface area (TPSA) is 60.1 Å². The van der Waals surface area contributed by atoms with Gasteiger partial charge in [-0.3, -0.25) is 4.79 Å². The van der Waals surface area contributed by atoms with Crippen LogP contribution in [0.3, 0.4) is 0 Å². The molecular weight excluding hydrogens is 300 g/mol. The first-order chi connectivity index (χ1) is 11.6. The largest absolute Gasteiger partial charge is 0.294 e. The quantitative estimate of drug-likeness (QED) is 0.743. The van der Waals surface area contributed by atoms with E-state index in [4.69, 9.17) is 0 Å². The summed E-state index contributed by atoms with van der Waals surface area (Å²) in [4.78, 5) is 21.7. The van der Waals surface area contributed by atoms with Gasteiger partial charge in [0.2, 0.25) is 0 Å². The molecule has 0 amide bonds. The maximum Gasteiger partial charge on any atom is 0.252 e. The first-order valence-corrected chi connectivity index (χ1v) is 8.49. The van der Waals surface area contributed by atoms with Crippen molar-refractivity contribution in [2.45, 2.75) is 45.4 Å². The number of carbonyl (C=O) groups excluding carboxylic acids is 1. The van der Waals surface area contributed by atoms with Gasteiger partial charge in [-0.1, -0.05) is 36.8 Å². The van der Waals surface area contributed by atoms with Crippen molar-refractivity contribution in [2.75, 3.05) is 0 Å². The van der Waals surface area contributed by atoms with Crippen molar-refractivity contribution in [1.82, 2.24) is 19.6 Å². The Morgan fingerprint density at radius 1 is 1.17 bits per heavy atom. The SMILES string of the molecule is CCCc1nc2nc3c(cn2n1)C(=O)CC(c1ccc(C)cc1)C3. The van der Waals surface area contributed by atoms with Gasteiger partial charge in [-0.2, -0.15) is 4.98 Å². The number of aryl methyl sites for hydroxylation is 2. The molecule has 122 valence electrons. The Morgan fingerprint density at radius 3 is 2.71 bits per heavy atom. The fraction of sp³-hybridized carbons (Fsp3) is 0.368. The van der Waals surface area contributed by atoms with Crippen molar-refractivity contribution >= 4 is 11.6 Å². The maximum atomic E-state index is 12.6. The second-order valence-electron chi connectivity index (χ2n) is 6.56. The maximum absolute atomic E-state index is 12.6. The molecular formula is C19H20N4O. The molecule has 0 aliphatic heterocycles. The number of Topliss-reactive ketones (excluding diaryl/α,β-unsaturated/α-hetero) is 1. The second-order valence-corrected chi connectivity index (χ2v) is 6.56. The molecule has 0 saturated carbocycles. The third-order valence-corrected chi connectivity index (χ3v) is 4.65. The van der Waals surface area contributed by atoms with Gasteiger partial charge in [-0.15, -0.1) is 5.10 Å². The molecule has 1 unspecified atom stereocenters. The summed E-state index contributed by atoms with van der Waals surface area (Å²) in [7, 11) is 0. The zero-order chi connectivity index (χ0) is 16.7. The van der Waals surface area contributed by atoms with Crippen molar-refractivity contribution in [3.8, 4) is 0 Å². The van der Waals surface area contributed by atoms with Crippen LogP contribution in [0.1, 0.15) is 58.7 Å². The van der Waals surface area contributed by atoms with E-state index in [0.29, 0.717) is 17.8 Å². The molecule has 0 saturated heterocycles. The van der Waals surface area contributed by atoms with Crippen molar-refractivity contribution in [1.29, 1.82) is 0 Å². The predicted octanol–water partition coefficient (Wildman–Crippen LogP) is 3.30. The van der Waals surface area contributed by atoms with Gasteiger partial charge in [0, 0.05) is 19.0 Å². The lowest BCUT2D eigenvalue weighted by Crippen LogP contribution is -2.21. The molecule has 0 fully saturated rings. The van der Waals surface area contributed by atoms with Gasteiger partial charge >= 0.3 is 0 Å². The molecule has 0 N–H and O–H groups in total. The van der Waals surface area contributed by atoms with Gasteiger partial charge in [0.25, 0.3) is 5.78 Å². The molecule has 0 bridgehead atoms. The molecule has 1 atom stereocenters. The standard InChI is InChI=1S/C19H20N4O/c1-3-4-18-21-19-20-16-9-14(13-7-5-12(2)6-8-13)10-17(24)15(16)11-23(19)22-18/h5-8,11,14H,3-4,9-10H2,1-2H3. The highest BCUT2D eigenvalue weighted by molar-refractivity contribution is 5.98. The summed E-state index contributed by atoms with van der Waals surface area (Å²) in [5.74, 6) is 1.71. The number of hydrogen-bond donors (Lipinski definition) is 0. The third kappa shape index (κ3) is 2.60. The number of benzene rings is 1. The fourth-order valence-corrected chi connectivity index (χ4v) is 3.33. The van der Waals surface area contributed by atoms with Crippen molar-refractivity contribution in [3.63, 3.8) is 0 Å². The number of nitrogens with zero attached hydrogens (tertiary/aromatic N) is 4. The number of fused-ring (bicyclic) bond motifs is 2. The average Bonchev–Trinajstić information content (AvgIpc) is 2.95. The minimum Gasteiger partial charge on any atom is -0.294 e. The molecule has 1 aromatic carbocycles. The summed E-state index contributed by atoms with van der Waals surface area (Å²) in [6.45, 7) is 4.17. The molecule has 0 spiro atoms. The Balaban J connectivity index is 1.72. The van der Waals surface area contributed by atoms with Crippen LogP contribution in [-0.4, -0.2) is 25.4 Å². The van der Waals surface area contributed by atoms with Crippen LogP contribution in [0.2, 0.25) is 0 Å². The van der Waals surface area contributed by atoms with Crippen molar-refractivity contribution < 1.29 is 4.79 Å². The molecule has 5 nitrogen and oxygen atoms in total. The van der Waals surface area contributed by atoms with E-state index in [9.17, 15) is 4.79 Å². The van der Waals surface area contributed by atoms with Crippen LogP contribution >= 0.6 is 0 Å². The molecule has 5 heteroatoms. The first-order valence-electron chi connectivity index (χ1n) is 8.49. The highest BCUT2D eigenvalue weighted by Gasteiger charge is 2.28. The van der Waals surface area contributed by atoms with Gasteiger partial charge in [-0.25, -0.2) is 9.50 Å². The van der Waals surface area contributed by atoms with E-state index in [0.717, 1.165) is 30.8 Å². The number of carbonyl (C=O) groups is 1. The summed E-state index contributed by atoms with van der Waals surface area (Å²) in [6, 6.07) is 8.43. The van der Waals surface area contributed by atoms with Crippen LogP contribution in [-0.2, 0) is 12.8 Å². The molecule has 3 aromatic rings. The zero-order valence-electron chi connectivity index (χ0n) is 14.0. The smallest absolute Gasteiger partial charge is 0.252 e. The number of ketones is 1. The lowest BCUT2D eigenvalue weighted by atomic mass is 9.82. The lowest BCUT2D eigenvalue weighted by molar-refractivity contribution is 0.0962. The second kappa shape index (κ2) is 5.82. The fourth-order valence-electron chi connectivity index (χ4n) is 3.33. The van der Waals surface area contributed by atoms with Gasteiger partial charge < -0.3 is 0 Å². The third-order valence-electron chi connectivity index (χ3n) is 4.65. The Kier molecular flexibility index (Phi) is 3.63. The molecule has 1 aliphatic carbocycles. The van der Waals surface area contributed by atoms with Gasteiger partial charge in [0.1, 0.15) is 0 Å². The molecule has 2 heterocycles. The minimum atomic E-state index is 0.142. The normalized spacial score (nSPS) is 17.2. The van der Waals surface area contributed by atoms with E-state index in [1.54, 1.807) is 10.7 Å². The zero-order valence-corrected chi connectivity index (χ0v) is 14.0. The van der Waals surface area contributed by atoms with Crippen molar-refractivity contribution in [3.05, 3.63) is 58.7 Å². The van der Waals surface area contributed by atoms with Crippen LogP contribution in [0.4, 0.5) is 0 Å². The monoisotopic (exact) mass is 320 g/mol. The Bertz CT molecular complexity index is 911. The highest BCUT2D eigenvalue weighted by atomic mass is 16.1. The molecule has 24 heavy (non-hydrogen) atoms. The van der Waals surface area contributed by atoms with Crippen LogP contribution in [0.5, 0.6) is 0 Å². The molecule has 2 aromatic heterocycles. The summed E-state index contributed by atoms with van der Waals surface area (Å²) in [5.41, 5.74) is 3.97. The van der Waals surface area contributed by atoms with E-state index in [2.05, 4.69) is 53.2 Å². The van der Waals surface area contributed by atoms with Gasteiger partial charge in [0.05, 0.1) is 11.3 Å². The molecule has 4 rings (SSSR count). The lowest BCUT2D eigenvalue weighted by Gasteiger charge is -2.23. The van der Waals surface area contributed by atoms with E-state index >= 15 is 0 Å². The van der Waals surface area contributed by atoms with Crippen LogP contribution in [0, 0.1) is 6.92 Å². The number of aromatic nitrogens is 4. The average molecular weight is 320 g/mol. The Morgan fingerprint density at radius 2 is 1.96 bits per heavy atom. The van der Waals surface area contributed by atoms with Crippen molar-refractivity contribution in [2.24, 2.45) is 0 Å². The van der Waals surface area contributed by atoms with E-state index in [-0.39, 0.29) is 11.7 Å². The number of hydrogen-bond acceptors (Lipinski definition) is 4. The molecule has 1 aliphatic rings. The van der Waals surface area contributed by atoms with Crippen LogP contribution < -0.4 is 0 Å². The predicted molar refractivity (Wildman–Crippen MR) is 91.3 cm³/mol. The van der Waals surface area contributed by atoms with Crippen LogP contribution in [0.15, 0.2) is 30.5 Å². The minimum absolute atomic E-state index is 0.142. The highest BCUT2D eigenvalue weighted by Crippen LogP contribution is 2.32. The molecule has 0 radical (unpaired) electrons. The van der Waals surface area contributed by atoms with Crippen LogP contribution in [0.25, 0.3) is 5.78 Å². The first kappa shape index (κ1) is 15.0.